The van der Waals surface area contributed by atoms with E-state index < -0.39 is 26.5 Å². The van der Waals surface area contributed by atoms with Crippen molar-refractivity contribution in [1.82, 2.24) is 0 Å². The molecule has 0 aromatic rings. The number of halogens is 2. The molecule has 0 fully saturated rings. The highest BCUT2D eigenvalue weighted by Crippen LogP contribution is 2.33. The molecule has 8 heteroatoms. The zero-order valence-corrected chi connectivity index (χ0v) is 14.6. The van der Waals surface area contributed by atoms with Gasteiger partial charge in [-0.1, -0.05) is 13.1 Å². The van der Waals surface area contributed by atoms with Crippen molar-refractivity contribution < 1.29 is 19.1 Å². The molecule has 0 aromatic carbocycles. The molecular formula is C10H20Cl2O4Si2. The fourth-order valence-corrected chi connectivity index (χ4v) is 4.58. The maximum atomic E-state index is 12.0. The van der Waals surface area contributed by atoms with Gasteiger partial charge in [0.2, 0.25) is 0 Å². The lowest BCUT2D eigenvalue weighted by Gasteiger charge is -2.27. The third-order valence-corrected chi connectivity index (χ3v) is 6.23. The topological polar surface area (TPSA) is 63.6 Å². The minimum absolute atomic E-state index is 0.0346. The van der Waals surface area contributed by atoms with Crippen LogP contribution in [0.25, 0.3) is 0 Å². The summed E-state index contributed by atoms with van der Waals surface area (Å²) in [5.41, 5.74) is -0.413. The highest BCUT2D eigenvalue weighted by atomic mass is 35.6. The van der Waals surface area contributed by atoms with Crippen LogP contribution in [0.15, 0.2) is 0 Å². The number of carbonyl (C=O) groups is 2. The van der Waals surface area contributed by atoms with Crippen LogP contribution < -0.4 is 0 Å². The Labute approximate surface area is 119 Å². The Hall–Kier alpha value is -0.0462. The van der Waals surface area contributed by atoms with Crippen LogP contribution in [0.5, 0.6) is 0 Å². The first-order valence-electron chi connectivity index (χ1n) is 5.76. The second kappa shape index (κ2) is 6.93. The van der Waals surface area contributed by atoms with E-state index in [4.69, 9.17) is 31.7 Å². The van der Waals surface area contributed by atoms with Crippen molar-refractivity contribution in [3.8, 4) is 0 Å². The van der Waals surface area contributed by atoms with Crippen LogP contribution in [0, 0.1) is 0 Å². The molecule has 0 saturated carbocycles. The molecule has 1 atom stereocenters. The lowest BCUT2D eigenvalue weighted by Crippen LogP contribution is -2.37. The Kier molecular flexibility index (Phi) is 6.91. The number of carboxylic acids is 1. The van der Waals surface area contributed by atoms with Gasteiger partial charge in [-0.2, -0.15) is 11.1 Å². The predicted octanol–water partition coefficient (Wildman–Crippen LogP) is 3.54. The largest absolute Gasteiger partial charge is 0.505 e. The summed E-state index contributed by atoms with van der Waals surface area (Å²) in [6.07, 6.45) is 0.893. The van der Waals surface area contributed by atoms with Gasteiger partial charge < -0.3 is 9.53 Å². The minimum Gasteiger partial charge on any atom is -0.505 e. The van der Waals surface area contributed by atoms with E-state index in [1.165, 1.54) is 0 Å². The summed E-state index contributed by atoms with van der Waals surface area (Å²) in [5.74, 6) is -1.25. The minimum atomic E-state index is -2.45. The first-order chi connectivity index (χ1) is 7.93. The van der Waals surface area contributed by atoms with Crippen LogP contribution in [0.2, 0.25) is 31.7 Å². The maximum Gasteiger partial charge on any atom is 0.345 e. The summed E-state index contributed by atoms with van der Waals surface area (Å²) >= 11 is 12.3. The van der Waals surface area contributed by atoms with Crippen molar-refractivity contribution >= 4 is 49.1 Å². The van der Waals surface area contributed by atoms with Gasteiger partial charge in [0.25, 0.3) is 5.97 Å². The highest BCUT2D eigenvalue weighted by Gasteiger charge is 2.39. The summed E-state index contributed by atoms with van der Waals surface area (Å²) in [4.78, 5) is 22.5. The Morgan fingerprint density at radius 1 is 1.22 bits per heavy atom. The van der Waals surface area contributed by atoms with Crippen LogP contribution in [0.3, 0.4) is 0 Å². The quantitative estimate of drug-likeness (QED) is 0.572. The summed E-state index contributed by atoms with van der Waals surface area (Å²) in [5, 5.41) is 8.60. The number of rotatable bonds is 7. The van der Waals surface area contributed by atoms with Gasteiger partial charge in [-0.05, 0) is 25.9 Å². The van der Waals surface area contributed by atoms with Crippen LogP contribution in [0.1, 0.15) is 19.3 Å². The van der Waals surface area contributed by atoms with Crippen molar-refractivity contribution in [1.29, 1.82) is 0 Å². The van der Waals surface area contributed by atoms with Crippen molar-refractivity contribution in [2.24, 2.45) is 0 Å². The molecule has 0 aliphatic rings. The lowest BCUT2D eigenvalue weighted by molar-refractivity contribution is -0.138. The Morgan fingerprint density at radius 2 is 1.72 bits per heavy atom. The van der Waals surface area contributed by atoms with Crippen molar-refractivity contribution in [3.05, 3.63) is 0 Å². The van der Waals surface area contributed by atoms with E-state index in [0.29, 0.717) is 12.8 Å². The van der Waals surface area contributed by atoms with Crippen molar-refractivity contribution in [2.45, 2.75) is 51.0 Å². The smallest absolute Gasteiger partial charge is 0.345 e. The average Bonchev–Trinajstić information content (AvgIpc) is 2.06. The Morgan fingerprint density at radius 3 is 2.06 bits per heavy atom. The highest BCUT2D eigenvalue weighted by molar-refractivity contribution is 7.21. The molecule has 0 saturated heterocycles. The number of carboxylic acid groups (broad SMARTS) is 1. The SMILES string of the molecule is C[Si](C)(Cl)OC(=O)C(CCCC(=O)O)[Si](C)(C)Cl. The fraction of sp³-hybridized carbons (Fsp3) is 0.800. The van der Waals surface area contributed by atoms with Gasteiger partial charge in [-0.25, -0.2) is 0 Å². The van der Waals surface area contributed by atoms with E-state index in [1.807, 2.05) is 13.1 Å². The molecule has 0 aliphatic heterocycles. The zero-order chi connectivity index (χ0) is 14.6. The van der Waals surface area contributed by atoms with Gasteiger partial charge in [-0.3, -0.25) is 9.59 Å². The van der Waals surface area contributed by atoms with E-state index in [0.717, 1.165) is 0 Å². The maximum absolute atomic E-state index is 12.0. The van der Waals surface area contributed by atoms with E-state index in [-0.39, 0.29) is 12.4 Å². The first-order valence-corrected chi connectivity index (χ1v) is 13.8. The number of aliphatic carboxylic acids is 1. The summed E-state index contributed by atoms with van der Waals surface area (Å²) < 4.78 is 5.25. The zero-order valence-electron chi connectivity index (χ0n) is 11.1. The van der Waals surface area contributed by atoms with Crippen LogP contribution in [-0.2, 0) is 14.0 Å². The second-order valence-electron chi connectivity index (χ2n) is 5.19. The monoisotopic (exact) mass is 330 g/mol. The van der Waals surface area contributed by atoms with Gasteiger partial charge >= 0.3 is 13.6 Å². The molecule has 0 aliphatic carbocycles. The van der Waals surface area contributed by atoms with Crippen molar-refractivity contribution in [2.75, 3.05) is 0 Å². The van der Waals surface area contributed by atoms with Gasteiger partial charge in [0.05, 0.1) is 5.54 Å². The Bertz CT molecular complexity index is 310. The average molecular weight is 331 g/mol. The number of carbonyl (C=O) groups excluding carboxylic acids is 1. The molecule has 0 bridgehead atoms. The van der Waals surface area contributed by atoms with E-state index >= 15 is 0 Å². The molecule has 106 valence electrons. The third-order valence-electron chi connectivity index (χ3n) is 2.34. The van der Waals surface area contributed by atoms with E-state index in [1.54, 1.807) is 13.1 Å². The fourth-order valence-electron chi connectivity index (χ4n) is 1.51. The standard InChI is InChI=1S/C10H20Cl2O4Si2/c1-17(2,11)8(6-5-7-9(13)14)10(15)16-18(3,4)12/h8H,5-7H2,1-4H3,(H,13,14). The molecule has 0 heterocycles. The van der Waals surface area contributed by atoms with Gasteiger partial charge in [0.1, 0.15) is 0 Å². The van der Waals surface area contributed by atoms with Gasteiger partial charge in [-0.15, -0.1) is 11.1 Å². The summed E-state index contributed by atoms with van der Waals surface area (Å²) in [6, 6.07) is 0. The first kappa shape index (κ1) is 18.0. The lowest BCUT2D eigenvalue weighted by atomic mass is 10.2. The molecule has 0 radical (unpaired) electrons. The molecular weight excluding hydrogens is 311 g/mol. The number of hydrogen-bond donors (Lipinski definition) is 1. The van der Waals surface area contributed by atoms with Gasteiger partial charge in [0, 0.05) is 6.42 Å². The molecule has 1 N–H and O–H groups in total. The summed E-state index contributed by atoms with van der Waals surface area (Å²) in [6.45, 7) is 7.13. The molecule has 0 aromatic heterocycles. The van der Waals surface area contributed by atoms with Crippen LogP contribution in [-0.4, -0.2) is 32.1 Å². The third kappa shape index (κ3) is 8.13. The molecule has 0 amide bonds. The predicted molar refractivity (Wildman–Crippen MR) is 78.0 cm³/mol. The normalized spacial score (nSPS) is 14.1. The summed E-state index contributed by atoms with van der Waals surface area (Å²) in [7, 11) is -4.71. The van der Waals surface area contributed by atoms with Crippen LogP contribution in [0.4, 0.5) is 0 Å². The van der Waals surface area contributed by atoms with Gasteiger partial charge in [0.15, 0.2) is 7.38 Å². The molecule has 4 nitrogen and oxygen atoms in total. The molecule has 0 rings (SSSR count). The van der Waals surface area contributed by atoms with Crippen LogP contribution >= 0.6 is 22.2 Å². The molecule has 18 heavy (non-hydrogen) atoms. The molecule has 1 unspecified atom stereocenters. The Balaban J connectivity index is 4.60. The van der Waals surface area contributed by atoms with E-state index in [9.17, 15) is 9.59 Å². The van der Waals surface area contributed by atoms with E-state index in [2.05, 4.69) is 0 Å². The molecule has 0 spiro atoms. The second-order valence-corrected chi connectivity index (χ2v) is 17.6. The number of hydrogen-bond acceptors (Lipinski definition) is 3. The van der Waals surface area contributed by atoms with Crippen molar-refractivity contribution in [3.63, 3.8) is 0 Å².